The summed E-state index contributed by atoms with van der Waals surface area (Å²) in [6.07, 6.45) is 2.13. The Labute approximate surface area is 137 Å². The number of nitrogens with zero attached hydrogens (tertiary/aromatic N) is 1. The van der Waals surface area contributed by atoms with Gasteiger partial charge in [-0.05, 0) is 41.8 Å². The van der Waals surface area contributed by atoms with Gasteiger partial charge in [0.2, 0.25) is 0 Å². The number of rotatable bonds is 3. The Hall–Kier alpha value is -3.15. The molecule has 0 spiro atoms. The van der Waals surface area contributed by atoms with Gasteiger partial charge in [0.05, 0.1) is 7.11 Å². The number of aromatic hydroxyl groups is 1. The summed E-state index contributed by atoms with van der Waals surface area (Å²) in [4.78, 5) is 15.9. The molecule has 5 nitrogen and oxygen atoms in total. The van der Waals surface area contributed by atoms with Crippen LogP contribution in [0.15, 0.2) is 42.6 Å². The molecule has 0 aliphatic carbocycles. The van der Waals surface area contributed by atoms with E-state index in [9.17, 15) is 14.3 Å². The van der Waals surface area contributed by atoms with Crippen LogP contribution in [-0.4, -0.2) is 23.2 Å². The van der Waals surface area contributed by atoms with Crippen molar-refractivity contribution in [2.45, 2.75) is 6.42 Å². The van der Waals surface area contributed by atoms with Crippen molar-refractivity contribution in [2.24, 2.45) is 0 Å². The molecule has 0 radical (unpaired) electrons. The van der Waals surface area contributed by atoms with Crippen LogP contribution < -0.4 is 5.73 Å². The number of nitrogen functional groups attached to an aromatic ring is 1. The number of methoxy groups -OCH3 is 1. The molecule has 3 rings (SSSR count). The van der Waals surface area contributed by atoms with Gasteiger partial charge in [0, 0.05) is 17.3 Å². The highest BCUT2D eigenvalue weighted by atomic mass is 19.1. The normalized spacial score (nSPS) is 10.8. The van der Waals surface area contributed by atoms with Crippen LogP contribution in [0.2, 0.25) is 0 Å². The average Bonchev–Trinajstić information content (AvgIpc) is 2.59. The topological polar surface area (TPSA) is 85.4 Å². The van der Waals surface area contributed by atoms with Gasteiger partial charge < -0.3 is 15.6 Å². The first kappa shape index (κ1) is 15.7. The summed E-state index contributed by atoms with van der Waals surface area (Å²) < 4.78 is 17.6. The summed E-state index contributed by atoms with van der Waals surface area (Å²) in [7, 11) is 1.22. The average molecular weight is 326 g/mol. The van der Waals surface area contributed by atoms with Crippen LogP contribution in [-0.2, 0) is 11.2 Å². The molecule has 0 fully saturated rings. The minimum absolute atomic E-state index is 0.0266. The summed E-state index contributed by atoms with van der Waals surface area (Å²) in [5, 5.41) is 10.8. The molecule has 0 bridgehead atoms. The molecule has 3 N–H and O–H groups in total. The number of benzene rings is 2. The number of pyridine rings is 1. The maximum atomic E-state index is 13.0. The zero-order valence-corrected chi connectivity index (χ0v) is 12.9. The number of nitrogens with two attached hydrogens (primary N) is 1. The predicted molar refractivity (Wildman–Crippen MR) is 88.4 cm³/mol. The zero-order valence-electron chi connectivity index (χ0n) is 12.9. The second-order valence-electron chi connectivity index (χ2n) is 5.40. The monoisotopic (exact) mass is 326 g/mol. The molecule has 3 aromatic rings. The van der Waals surface area contributed by atoms with Crippen molar-refractivity contribution in [2.75, 3.05) is 12.8 Å². The van der Waals surface area contributed by atoms with Crippen molar-refractivity contribution in [1.29, 1.82) is 0 Å². The molecular weight excluding hydrogens is 311 g/mol. The number of carbonyl (C=O) groups is 1. The van der Waals surface area contributed by atoms with Crippen molar-refractivity contribution in [3.8, 4) is 5.75 Å². The summed E-state index contributed by atoms with van der Waals surface area (Å²) in [5.74, 6) is -1.24. The summed E-state index contributed by atoms with van der Waals surface area (Å²) in [6, 6.07) is 9.34. The molecule has 0 saturated carbocycles. The SMILES string of the molecule is COC(=O)c1cc(N)c2cc(Cc3ccc(F)cc3)cnc2c1O. The number of carbonyl (C=O) groups excluding carboxylic acids is 1. The number of phenolic OH excluding ortho intramolecular Hbond substituents is 1. The molecule has 0 aliphatic rings. The van der Waals surface area contributed by atoms with Gasteiger partial charge in [0.25, 0.3) is 0 Å². The lowest BCUT2D eigenvalue weighted by Gasteiger charge is -2.10. The van der Waals surface area contributed by atoms with Crippen LogP contribution in [0.4, 0.5) is 10.1 Å². The Bertz CT molecular complexity index is 924. The molecule has 0 unspecified atom stereocenters. The molecule has 1 aromatic heterocycles. The third-order valence-corrected chi connectivity index (χ3v) is 3.76. The van der Waals surface area contributed by atoms with Crippen molar-refractivity contribution in [1.82, 2.24) is 4.98 Å². The Morgan fingerprint density at radius 1 is 1.25 bits per heavy atom. The number of fused-ring (bicyclic) bond motifs is 1. The van der Waals surface area contributed by atoms with Gasteiger partial charge in [0.1, 0.15) is 16.9 Å². The quantitative estimate of drug-likeness (QED) is 0.439. The number of anilines is 1. The van der Waals surface area contributed by atoms with Crippen molar-refractivity contribution < 1.29 is 19.0 Å². The summed E-state index contributed by atoms with van der Waals surface area (Å²) >= 11 is 0. The van der Waals surface area contributed by atoms with Gasteiger partial charge >= 0.3 is 5.97 Å². The molecule has 0 atom stereocenters. The Morgan fingerprint density at radius 2 is 1.96 bits per heavy atom. The highest BCUT2D eigenvalue weighted by Gasteiger charge is 2.18. The maximum Gasteiger partial charge on any atom is 0.341 e. The van der Waals surface area contributed by atoms with Crippen molar-refractivity contribution in [3.05, 3.63) is 65.1 Å². The molecule has 1 heterocycles. The first-order valence-electron chi connectivity index (χ1n) is 7.22. The summed E-state index contributed by atoms with van der Waals surface area (Å²) in [5.41, 5.74) is 8.29. The van der Waals surface area contributed by atoms with Crippen LogP contribution in [0.3, 0.4) is 0 Å². The fraction of sp³-hybridized carbons (Fsp3) is 0.111. The molecule has 6 heteroatoms. The molecule has 0 amide bonds. The van der Waals surface area contributed by atoms with Crippen molar-refractivity contribution in [3.63, 3.8) is 0 Å². The minimum atomic E-state index is -0.682. The lowest BCUT2D eigenvalue weighted by atomic mass is 10.0. The van der Waals surface area contributed by atoms with Gasteiger partial charge in [-0.2, -0.15) is 0 Å². The lowest BCUT2D eigenvalue weighted by molar-refractivity contribution is 0.0598. The second-order valence-corrected chi connectivity index (χ2v) is 5.40. The number of hydrogen-bond donors (Lipinski definition) is 2. The number of halogens is 1. The van der Waals surface area contributed by atoms with Crippen LogP contribution in [0.1, 0.15) is 21.5 Å². The smallest absolute Gasteiger partial charge is 0.341 e. The van der Waals surface area contributed by atoms with E-state index in [0.29, 0.717) is 17.5 Å². The largest absolute Gasteiger partial charge is 0.505 e. The Morgan fingerprint density at radius 3 is 2.62 bits per heavy atom. The Balaban J connectivity index is 2.04. The number of aromatic nitrogens is 1. The molecule has 122 valence electrons. The third-order valence-electron chi connectivity index (χ3n) is 3.76. The molecule has 0 saturated heterocycles. The van der Waals surface area contributed by atoms with E-state index in [2.05, 4.69) is 9.72 Å². The number of hydrogen-bond acceptors (Lipinski definition) is 5. The number of ether oxygens (including phenoxy) is 1. The van der Waals surface area contributed by atoms with Gasteiger partial charge in [0.15, 0.2) is 5.75 Å². The number of phenols is 1. The van der Waals surface area contributed by atoms with E-state index < -0.39 is 5.97 Å². The highest BCUT2D eigenvalue weighted by molar-refractivity contribution is 6.04. The fourth-order valence-corrected chi connectivity index (χ4v) is 2.55. The van der Waals surface area contributed by atoms with Gasteiger partial charge in [-0.3, -0.25) is 4.98 Å². The maximum absolute atomic E-state index is 13.0. The minimum Gasteiger partial charge on any atom is -0.505 e. The van der Waals surface area contributed by atoms with E-state index in [0.717, 1.165) is 11.1 Å². The van der Waals surface area contributed by atoms with E-state index in [1.807, 2.05) is 0 Å². The predicted octanol–water partition coefficient (Wildman–Crippen LogP) is 3.04. The van der Waals surface area contributed by atoms with Crippen LogP contribution in [0.25, 0.3) is 10.9 Å². The van der Waals surface area contributed by atoms with E-state index in [1.54, 1.807) is 24.4 Å². The fourth-order valence-electron chi connectivity index (χ4n) is 2.55. The molecule has 0 aliphatic heterocycles. The standard InChI is InChI=1S/C18H15FN2O3/c1-24-18(23)14-8-15(20)13-7-11(9-21-16(13)17(14)22)6-10-2-4-12(19)5-3-10/h2-5,7-9,22H,6,20H2,1H3. The van der Waals surface area contributed by atoms with Crippen molar-refractivity contribution >= 4 is 22.6 Å². The number of esters is 1. The van der Waals surface area contributed by atoms with Gasteiger partial charge in [-0.1, -0.05) is 12.1 Å². The van der Waals surface area contributed by atoms with E-state index in [1.165, 1.54) is 25.3 Å². The zero-order chi connectivity index (χ0) is 17.3. The van der Waals surface area contributed by atoms with E-state index >= 15 is 0 Å². The van der Waals surface area contributed by atoms with Crippen LogP contribution in [0, 0.1) is 5.82 Å². The first-order valence-corrected chi connectivity index (χ1v) is 7.22. The third kappa shape index (κ3) is 2.86. The van der Waals surface area contributed by atoms with Gasteiger partial charge in [-0.15, -0.1) is 0 Å². The van der Waals surface area contributed by atoms with Crippen LogP contribution >= 0.6 is 0 Å². The highest BCUT2D eigenvalue weighted by Crippen LogP contribution is 2.33. The summed E-state index contributed by atoms with van der Waals surface area (Å²) in [6.45, 7) is 0. The van der Waals surface area contributed by atoms with Crippen LogP contribution in [0.5, 0.6) is 5.75 Å². The second kappa shape index (κ2) is 6.16. The molecular formula is C18H15FN2O3. The Kier molecular flexibility index (Phi) is 4.04. The molecule has 2 aromatic carbocycles. The first-order chi connectivity index (χ1) is 11.5. The van der Waals surface area contributed by atoms with E-state index in [4.69, 9.17) is 5.73 Å². The van der Waals surface area contributed by atoms with Gasteiger partial charge in [-0.25, -0.2) is 9.18 Å². The molecule has 24 heavy (non-hydrogen) atoms. The lowest BCUT2D eigenvalue weighted by Crippen LogP contribution is -2.04. The van der Waals surface area contributed by atoms with E-state index in [-0.39, 0.29) is 22.6 Å².